The molecule has 3 atom stereocenters. The van der Waals surface area contributed by atoms with Crippen LogP contribution in [0.3, 0.4) is 0 Å². The van der Waals surface area contributed by atoms with E-state index in [4.69, 9.17) is 10.8 Å². The molecule has 1 aromatic heterocycles. The molecular weight excluding hydrogens is 699 g/mol. The fourth-order valence-corrected chi connectivity index (χ4v) is 10.3. The second-order valence-electron chi connectivity index (χ2n) is 15.6. The zero-order valence-electron chi connectivity index (χ0n) is 31.5. The number of hydrogen-bond donors (Lipinski definition) is 1. The summed E-state index contributed by atoms with van der Waals surface area (Å²) in [6.45, 7) is 2.31. The van der Waals surface area contributed by atoms with Crippen LogP contribution >= 0.6 is 11.3 Å². The molecule has 6 aromatic rings. The molecule has 10 rings (SSSR count). The van der Waals surface area contributed by atoms with Crippen LogP contribution < -0.4 is 5.84 Å². The quantitative estimate of drug-likeness (QED) is 0.0786. The van der Waals surface area contributed by atoms with Crippen LogP contribution in [0.1, 0.15) is 43.7 Å². The fraction of sp³-hybridized carbons (Fsp3) is 0.154. The van der Waals surface area contributed by atoms with Crippen LogP contribution in [0, 0.1) is 17.8 Å². The molecule has 0 spiro atoms. The van der Waals surface area contributed by atoms with Gasteiger partial charge in [0.25, 0.3) is 0 Å². The van der Waals surface area contributed by atoms with Crippen molar-refractivity contribution in [1.82, 2.24) is 0 Å². The summed E-state index contributed by atoms with van der Waals surface area (Å²) in [6.07, 6.45) is 20.2. The lowest BCUT2D eigenvalue weighted by Crippen LogP contribution is -2.19. The van der Waals surface area contributed by atoms with Gasteiger partial charge in [-0.05, 0) is 88.3 Å². The summed E-state index contributed by atoms with van der Waals surface area (Å²) < 4.78 is 2.61. The highest BCUT2D eigenvalue weighted by atomic mass is 32.1. The lowest BCUT2D eigenvalue weighted by Gasteiger charge is -2.22. The van der Waals surface area contributed by atoms with Crippen LogP contribution in [0.15, 0.2) is 196 Å². The third kappa shape index (κ3) is 6.34. The number of nitrogens with zero attached hydrogens (tertiary/aromatic N) is 2. The third-order valence-corrected chi connectivity index (χ3v) is 13.1. The van der Waals surface area contributed by atoms with Crippen molar-refractivity contribution < 1.29 is 0 Å². The summed E-state index contributed by atoms with van der Waals surface area (Å²) in [5.41, 5.74) is 15.1. The van der Waals surface area contributed by atoms with Crippen molar-refractivity contribution >= 4 is 48.6 Å². The molecule has 0 saturated carbocycles. The Kier molecular flexibility index (Phi) is 8.92. The summed E-state index contributed by atoms with van der Waals surface area (Å²) in [5.74, 6) is 7.95. The van der Waals surface area contributed by atoms with E-state index in [0.29, 0.717) is 17.7 Å². The molecule has 272 valence electrons. The van der Waals surface area contributed by atoms with Gasteiger partial charge in [0.15, 0.2) is 5.84 Å². The number of aliphatic imine (C=N–C) groups is 1. The Hall–Kier alpha value is -6.10. The van der Waals surface area contributed by atoms with Gasteiger partial charge in [0.05, 0.1) is 5.71 Å². The van der Waals surface area contributed by atoms with Crippen molar-refractivity contribution in [1.29, 1.82) is 0 Å². The van der Waals surface area contributed by atoms with Crippen LogP contribution in [0.25, 0.3) is 48.0 Å². The summed E-state index contributed by atoms with van der Waals surface area (Å²) in [7, 11) is 0. The fourth-order valence-electron chi connectivity index (χ4n) is 9.16. The van der Waals surface area contributed by atoms with Crippen molar-refractivity contribution in [3.63, 3.8) is 0 Å². The molecule has 3 nitrogen and oxygen atoms in total. The van der Waals surface area contributed by atoms with Crippen LogP contribution in [0.5, 0.6) is 0 Å². The van der Waals surface area contributed by atoms with E-state index >= 15 is 0 Å². The van der Waals surface area contributed by atoms with Crippen LogP contribution in [0.4, 0.5) is 0 Å². The Morgan fingerprint density at radius 1 is 0.714 bits per heavy atom. The molecule has 4 aliphatic carbocycles. The van der Waals surface area contributed by atoms with E-state index < -0.39 is 0 Å². The molecule has 0 amide bonds. The summed E-state index contributed by atoms with van der Waals surface area (Å²) >= 11 is 1.87. The minimum Gasteiger partial charge on any atom is -0.321 e. The van der Waals surface area contributed by atoms with Crippen LogP contribution in [-0.4, -0.2) is 11.5 Å². The van der Waals surface area contributed by atoms with Gasteiger partial charge in [-0.15, -0.1) is 11.3 Å². The van der Waals surface area contributed by atoms with Crippen molar-refractivity contribution in [3.8, 4) is 22.3 Å². The van der Waals surface area contributed by atoms with E-state index in [0.717, 1.165) is 42.5 Å². The van der Waals surface area contributed by atoms with Gasteiger partial charge in [0.1, 0.15) is 0 Å². The maximum Gasteiger partial charge on any atom is 0.178 e. The average molecular weight is 742 g/mol. The van der Waals surface area contributed by atoms with Gasteiger partial charge in [-0.2, -0.15) is 5.10 Å². The number of allylic oxidation sites excluding steroid dienone is 10. The van der Waals surface area contributed by atoms with Crippen molar-refractivity contribution in [2.45, 2.75) is 32.6 Å². The minimum absolute atomic E-state index is 0.0791. The number of hydrogen-bond acceptors (Lipinski definition) is 3. The number of thiophene rings is 1. The Morgan fingerprint density at radius 2 is 1.50 bits per heavy atom. The maximum atomic E-state index is 6.21. The topological polar surface area (TPSA) is 50.7 Å². The Balaban J connectivity index is 0.980. The molecule has 0 aliphatic heterocycles. The average Bonchev–Trinajstić information content (AvgIpc) is 3.82. The van der Waals surface area contributed by atoms with E-state index in [1.54, 1.807) is 5.57 Å². The summed E-state index contributed by atoms with van der Waals surface area (Å²) in [4.78, 5) is 5.35. The zero-order valence-corrected chi connectivity index (χ0v) is 32.3. The molecule has 2 N–H and O–H groups in total. The van der Waals surface area contributed by atoms with Gasteiger partial charge in [0.2, 0.25) is 0 Å². The van der Waals surface area contributed by atoms with Gasteiger partial charge in [-0.1, -0.05) is 170 Å². The Morgan fingerprint density at radius 3 is 2.27 bits per heavy atom. The summed E-state index contributed by atoms with van der Waals surface area (Å²) in [5, 5.41) is 6.97. The molecule has 0 bridgehead atoms. The normalized spacial score (nSPS) is 20.9. The number of amidine groups is 1. The number of hydrazone groups is 1. The Bertz CT molecular complexity index is 2750. The molecule has 4 heteroatoms. The van der Waals surface area contributed by atoms with Gasteiger partial charge >= 0.3 is 0 Å². The number of fused-ring (bicyclic) bond motifs is 5. The standard InChI is InChI=1S/C52H43N3S/c1-33-15-26-44-42(29-33)31-43-30-41(25-27-45(43)44)52(55-53)54-51(38-20-16-35(17-21-38)34-9-4-2-5-10-34)39-22-18-36(19-23-39)40-24-28-47-49(32-40)56-48-14-8-13-46(50(47)48)37-11-6-3-7-12-37/h2-20,22-26,28,30,32-33,38,45H,21,27,29,31,53H2,1H3/b54-51?,55-52-. The molecule has 56 heavy (non-hydrogen) atoms. The predicted molar refractivity (Wildman–Crippen MR) is 239 cm³/mol. The molecule has 1 heterocycles. The van der Waals surface area contributed by atoms with E-state index in [1.807, 2.05) is 11.3 Å². The van der Waals surface area contributed by atoms with Gasteiger partial charge in [0, 0.05) is 37.6 Å². The van der Waals surface area contributed by atoms with Crippen LogP contribution in [-0.2, 0) is 0 Å². The molecule has 0 radical (unpaired) electrons. The second-order valence-corrected chi connectivity index (χ2v) is 16.6. The predicted octanol–water partition coefficient (Wildman–Crippen LogP) is 13.3. The lowest BCUT2D eigenvalue weighted by atomic mass is 9.84. The first-order chi connectivity index (χ1) is 27.6. The maximum absolute atomic E-state index is 6.21. The smallest absolute Gasteiger partial charge is 0.178 e. The Labute approximate surface area is 333 Å². The minimum atomic E-state index is 0.0791. The summed E-state index contributed by atoms with van der Waals surface area (Å²) in [6, 6.07) is 43.8. The van der Waals surface area contributed by atoms with Crippen LogP contribution in [0.2, 0.25) is 0 Å². The first-order valence-corrected chi connectivity index (χ1v) is 20.6. The van der Waals surface area contributed by atoms with E-state index in [1.165, 1.54) is 64.7 Å². The number of nitrogens with two attached hydrogens (primary N) is 1. The van der Waals surface area contributed by atoms with Gasteiger partial charge < -0.3 is 5.84 Å². The molecule has 0 fully saturated rings. The highest BCUT2D eigenvalue weighted by Gasteiger charge is 2.32. The lowest BCUT2D eigenvalue weighted by molar-refractivity contribution is 0.690. The second kappa shape index (κ2) is 14.5. The SMILES string of the molecule is CC1C=CC2=C(CC3=CC(/C(N=C(c4ccc(-c5ccc6c(c5)sc5cccc(-c7ccccc7)c56)cc4)C4C=CC(c5ccccc5)=CC4)=N/N)=CCC32)C1. The molecule has 0 saturated heterocycles. The number of rotatable bonds is 6. The largest absolute Gasteiger partial charge is 0.321 e. The molecule has 4 aliphatic rings. The van der Waals surface area contributed by atoms with Crippen molar-refractivity contribution in [3.05, 3.63) is 197 Å². The monoisotopic (exact) mass is 741 g/mol. The van der Waals surface area contributed by atoms with E-state index in [9.17, 15) is 0 Å². The van der Waals surface area contributed by atoms with E-state index in [-0.39, 0.29) is 5.92 Å². The van der Waals surface area contributed by atoms with Gasteiger partial charge in [-0.3, -0.25) is 0 Å². The molecule has 3 unspecified atom stereocenters. The molecular formula is C52H43N3S. The highest BCUT2D eigenvalue weighted by Crippen LogP contribution is 2.47. The first kappa shape index (κ1) is 34.4. The zero-order chi connectivity index (χ0) is 37.6. The van der Waals surface area contributed by atoms with E-state index in [2.05, 4.69) is 176 Å². The number of benzene rings is 5. The van der Waals surface area contributed by atoms with Crippen molar-refractivity contribution in [2.75, 3.05) is 0 Å². The molecule has 5 aromatic carbocycles. The first-order valence-electron chi connectivity index (χ1n) is 19.8. The third-order valence-electron chi connectivity index (χ3n) is 12.0. The van der Waals surface area contributed by atoms with Crippen molar-refractivity contribution in [2.24, 2.45) is 33.7 Å². The highest BCUT2D eigenvalue weighted by molar-refractivity contribution is 7.26. The van der Waals surface area contributed by atoms with Gasteiger partial charge in [-0.25, -0.2) is 4.99 Å².